The molecule has 8 heteroatoms. The van der Waals surface area contributed by atoms with Crippen molar-refractivity contribution in [2.45, 2.75) is 6.54 Å². The molecule has 1 N–H and O–H groups in total. The van der Waals surface area contributed by atoms with Crippen molar-refractivity contribution < 1.29 is 23.4 Å². The third-order valence-electron chi connectivity index (χ3n) is 3.67. The van der Waals surface area contributed by atoms with Crippen LogP contribution in [0.3, 0.4) is 0 Å². The molecule has 0 aliphatic heterocycles. The Morgan fingerprint density at radius 2 is 1.80 bits per heavy atom. The van der Waals surface area contributed by atoms with Crippen molar-refractivity contribution in [2.75, 3.05) is 7.11 Å². The molecule has 1 heterocycles. The fourth-order valence-corrected chi connectivity index (χ4v) is 2.44. The van der Waals surface area contributed by atoms with Gasteiger partial charge < -0.3 is 9.84 Å². The number of nitrogens with zero attached hydrogens (tertiary/aromatic N) is 3. The van der Waals surface area contributed by atoms with Gasteiger partial charge in [-0.05, 0) is 36.4 Å². The number of rotatable bonds is 5. The summed E-state index contributed by atoms with van der Waals surface area (Å²) in [5.74, 6) is -2.19. The van der Waals surface area contributed by atoms with Crippen molar-refractivity contribution >= 4 is 5.97 Å². The van der Waals surface area contributed by atoms with Crippen LogP contribution in [0, 0.1) is 11.6 Å². The van der Waals surface area contributed by atoms with Crippen LogP contribution in [0.2, 0.25) is 0 Å². The van der Waals surface area contributed by atoms with Crippen molar-refractivity contribution in [1.29, 1.82) is 0 Å². The van der Waals surface area contributed by atoms with E-state index < -0.39 is 17.6 Å². The van der Waals surface area contributed by atoms with E-state index in [2.05, 4.69) is 10.3 Å². The van der Waals surface area contributed by atoms with Crippen molar-refractivity contribution in [3.05, 3.63) is 65.4 Å². The molecule has 128 valence electrons. The molecule has 0 spiro atoms. The highest BCUT2D eigenvalue weighted by Gasteiger charge is 2.22. The van der Waals surface area contributed by atoms with E-state index in [1.165, 1.54) is 13.2 Å². The number of benzene rings is 2. The Labute approximate surface area is 141 Å². The van der Waals surface area contributed by atoms with Crippen LogP contribution in [0.5, 0.6) is 5.75 Å². The van der Waals surface area contributed by atoms with Crippen LogP contribution < -0.4 is 4.74 Å². The molecule has 0 saturated heterocycles. The molecule has 2 aromatic carbocycles. The van der Waals surface area contributed by atoms with Crippen LogP contribution in [0.15, 0.2) is 42.5 Å². The zero-order chi connectivity index (χ0) is 18.0. The Balaban J connectivity index is 2.10. The molecule has 0 atom stereocenters. The third-order valence-corrected chi connectivity index (χ3v) is 3.67. The van der Waals surface area contributed by atoms with Gasteiger partial charge in [-0.25, -0.2) is 18.3 Å². The van der Waals surface area contributed by atoms with E-state index >= 15 is 0 Å². The summed E-state index contributed by atoms with van der Waals surface area (Å²) in [6.45, 7) is -0.292. The van der Waals surface area contributed by atoms with Gasteiger partial charge in [0, 0.05) is 11.1 Å². The summed E-state index contributed by atoms with van der Waals surface area (Å²) in [6.07, 6.45) is 0. The largest absolute Gasteiger partial charge is 0.497 e. The van der Waals surface area contributed by atoms with Gasteiger partial charge in [0.05, 0.1) is 13.7 Å². The van der Waals surface area contributed by atoms with Crippen molar-refractivity contribution in [3.8, 4) is 17.0 Å². The molecule has 3 rings (SSSR count). The van der Waals surface area contributed by atoms with Gasteiger partial charge in [-0.2, -0.15) is 0 Å². The van der Waals surface area contributed by atoms with Crippen molar-refractivity contribution in [3.63, 3.8) is 0 Å². The lowest BCUT2D eigenvalue weighted by atomic mass is 10.1. The Morgan fingerprint density at radius 1 is 1.16 bits per heavy atom. The first-order valence-electron chi connectivity index (χ1n) is 7.25. The molecule has 0 unspecified atom stereocenters. The minimum atomic E-state index is -1.29. The van der Waals surface area contributed by atoms with E-state index in [4.69, 9.17) is 4.74 Å². The predicted octanol–water partition coefficient (Wildman–Crippen LogP) is 2.98. The molecule has 6 nitrogen and oxygen atoms in total. The fourth-order valence-electron chi connectivity index (χ4n) is 2.44. The molecule has 1 aromatic heterocycles. The SMILES string of the molecule is COc1ccc(-c2c(C(=O)O)nnn2Cc2c(F)cccc2F)cc1. The molecule has 0 aliphatic carbocycles. The minimum absolute atomic E-state index is 0.151. The average molecular weight is 345 g/mol. The number of carboxylic acid groups (broad SMARTS) is 1. The zero-order valence-corrected chi connectivity index (χ0v) is 13.1. The van der Waals surface area contributed by atoms with Crippen LogP contribution in [-0.4, -0.2) is 33.2 Å². The maximum absolute atomic E-state index is 13.9. The number of carbonyl (C=O) groups is 1. The third kappa shape index (κ3) is 3.18. The number of methoxy groups -OCH3 is 1. The van der Waals surface area contributed by atoms with Gasteiger partial charge in [0.25, 0.3) is 0 Å². The number of carboxylic acids is 1. The number of halogens is 2. The van der Waals surface area contributed by atoms with Gasteiger partial charge in [0.2, 0.25) is 0 Å². The van der Waals surface area contributed by atoms with E-state index in [0.29, 0.717) is 11.3 Å². The van der Waals surface area contributed by atoms with Crippen LogP contribution in [-0.2, 0) is 6.54 Å². The number of aromatic carboxylic acids is 1. The Morgan fingerprint density at radius 3 is 2.36 bits per heavy atom. The van der Waals surface area contributed by atoms with Crippen LogP contribution >= 0.6 is 0 Å². The molecule has 0 bridgehead atoms. The van der Waals surface area contributed by atoms with E-state index in [1.54, 1.807) is 24.3 Å². The smallest absolute Gasteiger partial charge is 0.358 e. The summed E-state index contributed by atoms with van der Waals surface area (Å²) < 4.78 is 34.0. The monoisotopic (exact) mass is 345 g/mol. The first-order chi connectivity index (χ1) is 12.0. The highest BCUT2D eigenvalue weighted by molar-refractivity contribution is 5.92. The van der Waals surface area contributed by atoms with E-state index in [1.807, 2.05) is 0 Å². The molecular weight excluding hydrogens is 332 g/mol. The standard InChI is InChI=1S/C17H13F2N3O3/c1-25-11-7-5-10(6-8-11)16-15(17(23)24)20-21-22(16)9-12-13(18)3-2-4-14(12)19/h2-8H,9H2,1H3,(H,23,24). The molecule has 25 heavy (non-hydrogen) atoms. The zero-order valence-electron chi connectivity index (χ0n) is 13.1. The highest BCUT2D eigenvalue weighted by atomic mass is 19.1. The molecule has 3 aromatic rings. The fraction of sp³-hybridized carbons (Fsp3) is 0.118. The maximum Gasteiger partial charge on any atom is 0.358 e. The van der Waals surface area contributed by atoms with Crippen molar-refractivity contribution in [2.24, 2.45) is 0 Å². The summed E-state index contributed by atoms with van der Waals surface area (Å²) in [5, 5.41) is 16.7. The second kappa shape index (κ2) is 6.68. The molecule has 0 radical (unpaired) electrons. The number of hydrogen-bond acceptors (Lipinski definition) is 4. The van der Waals surface area contributed by atoms with Gasteiger partial charge in [-0.15, -0.1) is 5.10 Å². The topological polar surface area (TPSA) is 77.2 Å². The number of hydrogen-bond donors (Lipinski definition) is 1. The Kier molecular flexibility index (Phi) is 4.42. The normalized spacial score (nSPS) is 10.7. The first-order valence-corrected chi connectivity index (χ1v) is 7.25. The number of aromatic nitrogens is 3. The lowest BCUT2D eigenvalue weighted by molar-refractivity contribution is 0.0691. The molecule has 0 amide bonds. The molecule has 0 saturated carbocycles. The van der Waals surface area contributed by atoms with Gasteiger partial charge >= 0.3 is 5.97 Å². The van der Waals surface area contributed by atoms with Crippen molar-refractivity contribution in [1.82, 2.24) is 15.0 Å². The summed E-state index contributed by atoms with van der Waals surface area (Å²) in [7, 11) is 1.50. The second-order valence-corrected chi connectivity index (χ2v) is 5.18. The Hall–Kier alpha value is -3.29. The second-order valence-electron chi connectivity index (χ2n) is 5.18. The highest BCUT2D eigenvalue weighted by Crippen LogP contribution is 2.26. The molecular formula is C17H13F2N3O3. The summed E-state index contributed by atoms with van der Waals surface area (Å²) >= 11 is 0. The molecule has 0 fully saturated rings. The van der Waals surface area contributed by atoms with E-state index in [-0.39, 0.29) is 23.5 Å². The van der Waals surface area contributed by atoms with Gasteiger partial charge in [0.15, 0.2) is 5.69 Å². The van der Waals surface area contributed by atoms with E-state index in [9.17, 15) is 18.7 Å². The van der Waals surface area contributed by atoms with Gasteiger partial charge in [-0.3, -0.25) is 0 Å². The van der Waals surface area contributed by atoms with E-state index in [0.717, 1.165) is 16.8 Å². The number of ether oxygens (including phenoxy) is 1. The van der Waals surface area contributed by atoms with Crippen LogP contribution in [0.25, 0.3) is 11.3 Å². The van der Waals surface area contributed by atoms with Gasteiger partial charge in [-0.1, -0.05) is 11.3 Å². The van der Waals surface area contributed by atoms with Crippen LogP contribution in [0.4, 0.5) is 8.78 Å². The van der Waals surface area contributed by atoms with Crippen LogP contribution in [0.1, 0.15) is 16.1 Å². The quantitative estimate of drug-likeness (QED) is 0.769. The lowest BCUT2D eigenvalue weighted by Crippen LogP contribution is -2.09. The summed E-state index contributed by atoms with van der Waals surface area (Å²) in [4.78, 5) is 11.4. The summed E-state index contributed by atoms with van der Waals surface area (Å²) in [5.41, 5.74) is 0.110. The lowest BCUT2D eigenvalue weighted by Gasteiger charge is -2.09. The average Bonchev–Trinajstić information content (AvgIpc) is 3.02. The maximum atomic E-state index is 13.9. The Bertz CT molecular complexity index is 903. The minimum Gasteiger partial charge on any atom is -0.497 e. The first kappa shape index (κ1) is 16.6. The molecule has 0 aliphatic rings. The van der Waals surface area contributed by atoms with Gasteiger partial charge in [0.1, 0.15) is 23.1 Å². The summed E-state index contributed by atoms with van der Waals surface area (Å²) in [6, 6.07) is 10.0. The predicted molar refractivity (Wildman–Crippen MR) is 84.4 cm³/mol.